The summed E-state index contributed by atoms with van der Waals surface area (Å²) in [5, 5.41) is 4.86. The average molecular weight is 423 g/mol. The molecule has 0 fully saturated rings. The Hall–Kier alpha value is -3.08. The van der Waals surface area contributed by atoms with Gasteiger partial charge in [0.25, 0.3) is 0 Å². The van der Waals surface area contributed by atoms with Crippen molar-refractivity contribution in [2.24, 2.45) is 0 Å². The molecule has 0 atom stereocenters. The molecule has 1 heterocycles. The molecule has 0 aliphatic rings. The topological polar surface area (TPSA) is 51.1 Å². The zero-order chi connectivity index (χ0) is 20.4. The minimum absolute atomic E-state index is 0.104. The van der Waals surface area contributed by atoms with Gasteiger partial charge in [0, 0.05) is 38.3 Å². The summed E-state index contributed by atoms with van der Waals surface area (Å²) in [6.07, 6.45) is 1.83. The molecule has 1 aromatic heterocycles. The Balaban J connectivity index is 1.59. The van der Waals surface area contributed by atoms with Crippen molar-refractivity contribution in [3.63, 3.8) is 0 Å². The molecular formula is C23H16Cl2N2O2. The third-order valence-corrected chi connectivity index (χ3v) is 5.05. The number of carbonyl (C=O) groups excluding carboxylic acids is 2. The van der Waals surface area contributed by atoms with E-state index in [2.05, 4.69) is 5.32 Å². The highest BCUT2D eigenvalue weighted by atomic mass is 35.5. The number of anilines is 1. The normalized spacial score (nSPS) is 10.8. The minimum atomic E-state index is -0.248. The SMILES string of the molecule is O=C(Cn1ccc2cc(Cl)ccc21)Nc1ccc(Cl)cc1C(=O)c1ccccc1. The molecule has 0 saturated heterocycles. The Bertz CT molecular complexity index is 1220. The van der Waals surface area contributed by atoms with E-state index >= 15 is 0 Å². The van der Waals surface area contributed by atoms with E-state index in [1.165, 1.54) is 0 Å². The summed E-state index contributed by atoms with van der Waals surface area (Å²) in [5.41, 5.74) is 2.20. The lowest BCUT2D eigenvalue weighted by Gasteiger charge is -2.12. The highest BCUT2D eigenvalue weighted by molar-refractivity contribution is 6.31. The summed E-state index contributed by atoms with van der Waals surface area (Å²) >= 11 is 12.1. The fourth-order valence-corrected chi connectivity index (χ4v) is 3.56. The molecule has 0 spiro atoms. The maximum atomic E-state index is 12.9. The number of nitrogens with one attached hydrogen (secondary N) is 1. The number of ketones is 1. The average Bonchev–Trinajstić information content (AvgIpc) is 3.11. The molecule has 0 unspecified atom stereocenters. The molecule has 0 aliphatic carbocycles. The largest absolute Gasteiger partial charge is 0.338 e. The first-order chi connectivity index (χ1) is 14.0. The third-order valence-electron chi connectivity index (χ3n) is 4.58. The molecule has 6 heteroatoms. The van der Waals surface area contributed by atoms with E-state index in [1.807, 2.05) is 35.0 Å². The highest BCUT2D eigenvalue weighted by Gasteiger charge is 2.16. The number of hydrogen-bond acceptors (Lipinski definition) is 2. The molecule has 4 nitrogen and oxygen atoms in total. The Morgan fingerprint density at radius 1 is 0.862 bits per heavy atom. The second-order valence-electron chi connectivity index (χ2n) is 6.58. The van der Waals surface area contributed by atoms with E-state index in [4.69, 9.17) is 23.2 Å². The van der Waals surface area contributed by atoms with Gasteiger partial charge in [-0.1, -0.05) is 53.5 Å². The molecule has 0 bridgehead atoms. The van der Waals surface area contributed by atoms with Crippen LogP contribution in [0.15, 0.2) is 79.0 Å². The Morgan fingerprint density at radius 3 is 2.38 bits per heavy atom. The fourth-order valence-electron chi connectivity index (χ4n) is 3.21. The highest BCUT2D eigenvalue weighted by Crippen LogP contribution is 2.24. The van der Waals surface area contributed by atoms with Gasteiger partial charge in [-0.3, -0.25) is 9.59 Å². The van der Waals surface area contributed by atoms with Crippen LogP contribution in [0, 0.1) is 0 Å². The quantitative estimate of drug-likeness (QED) is 0.412. The van der Waals surface area contributed by atoms with E-state index in [1.54, 1.807) is 48.5 Å². The number of aromatic nitrogens is 1. The van der Waals surface area contributed by atoms with Gasteiger partial charge in [-0.15, -0.1) is 0 Å². The molecule has 4 rings (SSSR count). The molecule has 144 valence electrons. The van der Waals surface area contributed by atoms with Gasteiger partial charge in [0.15, 0.2) is 5.78 Å². The number of hydrogen-bond donors (Lipinski definition) is 1. The summed E-state index contributed by atoms with van der Waals surface area (Å²) < 4.78 is 1.83. The van der Waals surface area contributed by atoms with Gasteiger partial charge in [0.2, 0.25) is 5.91 Å². The lowest BCUT2D eigenvalue weighted by Crippen LogP contribution is -2.20. The van der Waals surface area contributed by atoms with Crippen molar-refractivity contribution in [2.45, 2.75) is 6.54 Å². The van der Waals surface area contributed by atoms with Crippen molar-refractivity contribution < 1.29 is 9.59 Å². The van der Waals surface area contributed by atoms with Crippen molar-refractivity contribution >= 4 is 51.5 Å². The van der Waals surface area contributed by atoms with E-state index in [-0.39, 0.29) is 18.2 Å². The van der Waals surface area contributed by atoms with Crippen molar-refractivity contribution in [3.8, 4) is 0 Å². The van der Waals surface area contributed by atoms with Gasteiger partial charge in [0.1, 0.15) is 6.54 Å². The van der Waals surface area contributed by atoms with Gasteiger partial charge in [-0.25, -0.2) is 0 Å². The van der Waals surface area contributed by atoms with Gasteiger partial charge in [-0.05, 0) is 42.5 Å². The molecule has 0 aliphatic heterocycles. The maximum Gasteiger partial charge on any atom is 0.244 e. The second-order valence-corrected chi connectivity index (χ2v) is 7.45. The van der Waals surface area contributed by atoms with E-state index in [0.29, 0.717) is 26.9 Å². The number of rotatable bonds is 5. The van der Waals surface area contributed by atoms with Crippen LogP contribution in [0.4, 0.5) is 5.69 Å². The number of halogens is 2. The molecule has 29 heavy (non-hydrogen) atoms. The first kappa shape index (κ1) is 19.2. The molecule has 1 N–H and O–H groups in total. The number of benzene rings is 3. The lowest BCUT2D eigenvalue weighted by molar-refractivity contribution is -0.116. The summed E-state index contributed by atoms with van der Waals surface area (Å²) in [6, 6.07) is 21.1. The van der Waals surface area contributed by atoms with Crippen LogP contribution in [0.2, 0.25) is 10.0 Å². The fraction of sp³-hybridized carbons (Fsp3) is 0.0435. The van der Waals surface area contributed by atoms with Gasteiger partial charge < -0.3 is 9.88 Å². The van der Waals surface area contributed by atoms with Crippen LogP contribution >= 0.6 is 23.2 Å². The molecule has 0 saturated carbocycles. The monoisotopic (exact) mass is 422 g/mol. The van der Waals surface area contributed by atoms with Crippen molar-refractivity contribution in [2.75, 3.05) is 5.32 Å². The Morgan fingerprint density at radius 2 is 1.59 bits per heavy atom. The summed E-state index contributed by atoms with van der Waals surface area (Å²) in [4.78, 5) is 25.6. The maximum absolute atomic E-state index is 12.9. The number of fused-ring (bicyclic) bond motifs is 1. The molecular weight excluding hydrogens is 407 g/mol. The predicted octanol–water partition coefficient (Wildman–Crippen LogP) is 5.82. The zero-order valence-electron chi connectivity index (χ0n) is 15.2. The van der Waals surface area contributed by atoms with Gasteiger partial charge in [-0.2, -0.15) is 0 Å². The predicted molar refractivity (Wildman–Crippen MR) is 117 cm³/mol. The molecule has 1 amide bonds. The van der Waals surface area contributed by atoms with Crippen LogP contribution in [0.25, 0.3) is 10.9 Å². The van der Waals surface area contributed by atoms with Crippen molar-refractivity contribution in [1.82, 2.24) is 4.57 Å². The first-order valence-electron chi connectivity index (χ1n) is 8.95. The number of nitrogens with zero attached hydrogens (tertiary/aromatic N) is 1. The van der Waals surface area contributed by atoms with Gasteiger partial charge in [0.05, 0.1) is 5.69 Å². The summed E-state index contributed by atoms with van der Waals surface area (Å²) in [6.45, 7) is 0.104. The molecule has 0 radical (unpaired) electrons. The van der Waals surface area contributed by atoms with Crippen LogP contribution in [0.1, 0.15) is 15.9 Å². The van der Waals surface area contributed by atoms with Crippen LogP contribution in [0.3, 0.4) is 0 Å². The van der Waals surface area contributed by atoms with Crippen LogP contribution in [-0.2, 0) is 11.3 Å². The lowest BCUT2D eigenvalue weighted by atomic mass is 10.0. The van der Waals surface area contributed by atoms with Gasteiger partial charge >= 0.3 is 0 Å². The standard InChI is InChI=1S/C23H16Cl2N2O2/c24-17-7-9-21-16(12-17)10-11-27(21)14-22(28)26-20-8-6-18(25)13-19(20)23(29)15-4-2-1-3-5-15/h1-13H,14H2,(H,26,28). The number of amides is 1. The Labute approximate surface area is 177 Å². The molecule has 3 aromatic carbocycles. The molecule has 4 aromatic rings. The van der Waals surface area contributed by atoms with Crippen LogP contribution < -0.4 is 5.32 Å². The van der Waals surface area contributed by atoms with E-state index < -0.39 is 0 Å². The summed E-state index contributed by atoms with van der Waals surface area (Å²) in [5.74, 6) is -0.452. The minimum Gasteiger partial charge on any atom is -0.338 e. The third kappa shape index (κ3) is 4.19. The Kier molecular flexibility index (Phi) is 5.38. The smallest absolute Gasteiger partial charge is 0.244 e. The van der Waals surface area contributed by atoms with E-state index in [0.717, 1.165) is 10.9 Å². The van der Waals surface area contributed by atoms with Crippen molar-refractivity contribution in [1.29, 1.82) is 0 Å². The summed E-state index contributed by atoms with van der Waals surface area (Å²) in [7, 11) is 0. The van der Waals surface area contributed by atoms with Crippen molar-refractivity contribution in [3.05, 3.63) is 100 Å². The van der Waals surface area contributed by atoms with E-state index in [9.17, 15) is 9.59 Å². The first-order valence-corrected chi connectivity index (χ1v) is 9.70. The van der Waals surface area contributed by atoms with Crippen LogP contribution in [0.5, 0.6) is 0 Å². The zero-order valence-corrected chi connectivity index (χ0v) is 16.7. The van der Waals surface area contributed by atoms with Crippen LogP contribution in [-0.4, -0.2) is 16.3 Å². The second kappa shape index (κ2) is 8.11. The number of carbonyl (C=O) groups is 2.